The van der Waals surface area contributed by atoms with E-state index in [-0.39, 0.29) is 0 Å². The molecular formula is C26H40N2. The Hall–Kier alpha value is -1.70. The van der Waals surface area contributed by atoms with E-state index in [2.05, 4.69) is 48.1 Å². The molecule has 0 aliphatic rings. The lowest BCUT2D eigenvalue weighted by Gasteiger charge is -2.05. The standard InChI is InChI=1S/C26H40N2/c1-3-5-7-9-10-11-12-14-15-23-17-19-25(20-18-23)26-27-21-24(22-28-26)16-13-8-6-4-2/h17-22H,3-16H2,1-2H3. The number of nitrogens with zero attached hydrogens (tertiary/aromatic N) is 2. The van der Waals surface area contributed by atoms with Gasteiger partial charge >= 0.3 is 0 Å². The molecule has 2 aromatic rings. The van der Waals surface area contributed by atoms with E-state index in [9.17, 15) is 0 Å². The Kier molecular flexibility index (Phi) is 11.6. The van der Waals surface area contributed by atoms with Crippen LogP contribution >= 0.6 is 0 Å². The van der Waals surface area contributed by atoms with Crippen LogP contribution in [0.3, 0.4) is 0 Å². The normalized spacial score (nSPS) is 11.1. The minimum atomic E-state index is 0.843. The molecule has 154 valence electrons. The molecular weight excluding hydrogens is 340 g/mol. The van der Waals surface area contributed by atoms with E-state index in [0.717, 1.165) is 17.8 Å². The van der Waals surface area contributed by atoms with Gasteiger partial charge in [0.1, 0.15) is 0 Å². The molecule has 1 heterocycles. The van der Waals surface area contributed by atoms with Gasteiger partial charge in [-0.3, -0.25) is 0 Å². The number of unbranched alkanes of at least 4 members (excludes halogenated alkanes) is 10. The van der Waals surface area contributed by atoms with Crippen molar-refractivity contribution in [2.45, 2.75) is 104 Å². The summed E-state index contributed by atoms with van der Waals surface area (Å²) >= 11 is 0. The third-order valence-corrected chi connectivity index (χ3v) is 5.56. The highest BCUT2D eigenvalue weighted by Gasteiger charge is 2.03. The molecule has 0 amide bonds. The van der Waals surface area contributed by atoms with Gasteiger partial charge in [-0.25, -0.2) is 9.97 Å². The van der Waals surface area contributed by atoms with Gasteiger partial charge in [-0.15, -0.1) is 0 Å². The molecule has 0 unspecified atom stereocenters. The van der Waals surface area contributed by atoms with Crippen molar-refractivity contribution in [3.8, 4) is 11.4 Å². The van der Waals surface area contributed by atoms with E-state index in [1.54, 1.807) is 0 Å². The smallest absolute Gasteiger partial charge is 0.159 e. The maximum atomic E-state index is 4.58. The predicted molar refractivity (Wildman–Crippen MR) is 122 cm³/mol. The first-order chi connectivity index (χ1) is 13.8. The van der Waals surface area contributed by atoms with Gasteiger partial charge in [0.25, 0.3) is 0 Å². The molecule has 0 saturated carbocycles. The Balaban J connectivity index is 1.68. The SMILES string of the molecule is CCCCCCCCCCc1ccc(-c2ncc(CCCCCC)cn2)cc1. The molecule has 0 spiro atoms. The zero-order valence-electron chi connectivity index (χ0n) is 18.3. The van der Waals surface area contributed by atoms with Crippen molar-refractivity contribution in [3.63, 3.8) is 0 Å². The fourth-order valence-corrected chi connectivity index (χ4v) is 3.67. The van der Waals surface area contributed by atoms with Crippen molar-refractivity contribution in [2.75, 3.05) is 0 Å². The Labute approximate surface area is 173 Å². The van der Waals surface area contributed by atoms with Gasteiger partial charge in [-0.1, -0.05) is 102 Å². The Morgan fingerprint density at radius 1 is 0.536 bits per heavy atom. The largest absolute Gasteiger partial charge is 0.236 e. The molecule has 28 heavy (non-hydrogen) atoms. The summed E-state index contributed by atoms with van der Waals surface area (Å²) in [4.78, 5) is 9.17. The van der Waals surface area contributed by atoms with Gasteiger partial charge in [-0.2, -0.15) is 0 Å². The van der Waals surface area contributed by atoms with Crippen LogP contribution in [0, 0.1) is 0 Å². The van der Waals surface area contributed by atoms with Crippen molar-refractivity contribution in [2.24, 2.45) is 0 Å². The first-order valence-corrected chi connectivity index (χ1v) is 11.7. The van der Waals surface area contributed by atoms with Gasteiger partial charge in [-0.05, 0) is 36.8 Å². The fourth-order valence-electron chi connectivity index (χ4n) is 3.67. The Morgan fingerprint density at radius 2 is 1.00 bits per heavy atom. The number of rotatable bonds is 15. The van der Waals surface area contributed by atoms with Crippen LogP contribution in [0.15, 0.2) is 36.7 Å². The molecule has 0 saturated heterocycles. The summed E-state index contributed by atoms with van der Waals surface area (Å²) in [5.41, 5.74) is 3.81. The molecule has 1 aromatic heterocycles. The van der Waals surface area contributed by atoms with E-state index in [4.69, 9.17) is 0 Å². The van der Waals surface area contributed by atoms with Crippen LogP contribution in [0.5, 0.6) is 0 Å². The summed E-state index contributed by atoms with van der Waals surface area (Å²) in [6.07, 6.45) is 22.5. The van der Waals surface area contributed by atoms with Gasteiger partial charge < -0.3 is 0 Å². The van der Waals surface area contributed by atoms with Crippen molar-refractivity contribution in [3.05, 3.63) is 47.8 Å². The summed E-state index contributed by atoms with van der Waals surface area (Å²) in [6, 6.07) is 8.85. The second kappa shape index (κ2) is 14.3. The molecule has 2 rings (SSSR count). The zero-order valence-corrected chi connectivity index (χ0v) is 18.3. The first kappa shape index (κ1) is 22.6. The van der Waals surface area contributed by atoms with Crippen LogP contribution in [0.25, 0.3) is 11.4 Å². The maximum absolute atomic E-state index is 4.58. The molecule has 0 bridgehead atoms. The molecule has 0 fully saturated rings. The van der Waals surface area contributed by atoms with Gasteiger partial charge in [0.2, 0.25) is 0 Å². The van der Waals surface area contributed by atoms with E-state index in [1.165, 1.54) is 94.6 Å². The minimum absolute atomic E-state index is 0.843. The van der Waals surface area contributed by atoms with Crippen molar-refractivity contribution in [1.29, 1.82) is 0 Å². The Bertz CT molecular complexity index is 616. The van der Waals surface area contributed by atoms with Crippen LogP contribution in [0.4, 0.5) is 0 Å². The van der Waals surface area contributed by atoms with Gasteiger partial charge in [0.05, 0.1) is 0 Å². The third-order valence-electron chi connectivity index (χ3n) is 5.56. The second-order valence-corrected chi connectivity index (χ2v) is 8.15. The third kappa shape index (κ3) is 8.99. The number of aryl methyl sites for hydroxylation is 2. The highest BCUT2D eigenvalue weighted by atomic mass is 14.9. The molecule has 0 N–H and O–H groups in total. The molecule has 0 radical (unpaired) electrons. The number of hydrogen-bond donors (Lipinski definition) is 0. The number of aromatic nitrogens is 2. The lowest BCUT2D eigenvalue weighted by atomic mass is 10.0. The number of benzene rings is 1. The molecule has 0 atom stereocenters. The molecule has 2 heteroatoms. The molecule has 2 nitrogen and oxygen atoms in total. The van der Waals surface area contributed by atoms with Crippen LogP contribution in [-0.2, 0) is 12.8 Å². The van der Waals surface area contributed by atoms with E-state index < -0.39 is 0 Å². The second-order valence-electron chi connectivity index (χ2n) is 8.15. The lowest BCUT2D eigenvalue weighted by molar-refractivity contribution is 0.575. The zero-order chi connectivity index (χ0) is 19.9. The van der Waals surface area contributed by atoms with E-state index >= 15 is 0 Å². The monoisotopic (exact) mass is 380 g/mol. The van der Waals surface area contributed by atoms with E-state index in [1.807, 2.05) is 12.4 Å². The topological polar surface area (TPSA) is 25.8 Å². The van der Waals surface area contributed by atoms with Crippen LogP contribution in [-0.4, -0.2) is 9.97 Å². The summed E-state index contributed by atoms with van der Waals surface area (Å²) in [5.74, 6) is 0.843. The lowest BCUT2D eigenvalue weighted by Crippen LogP contribution is -1.94. The summed E-state index contributed by atoms with van der Waals surface area (Å²) in [7, 11) is 0. The van der Waals surface area contributed by atoms with Crippen LogP contribution < -0.4 is 0 Å². The van der Waals surface area contributed by atoms with E-state index in [0.29, 0.717) is 0 Å². The van der Waals surface area contributed by atoms with Crippen molar-refractivity contribution in [1.82, 2.24) is 9.97 Å². The minimum Gasteiger partial charge on any atom is -0.236 e. The summed E-state index contributed by atoms with van der Waals surface area (Å²) < 4.78 is 0. The molecule has 1 aromatic carbocycles. The van der Waals surface area contributed by atoms with Crippen LogP contribution in [0.2, 0.25) is 0 Å². The molecule has 0 aliphatic carbocycles. The van der Waals surface area contributed by atoms with Crippen molar-refractivity contribution >= 4 is 0 Å². The van der Waals surface area contributed by atoms with Gasteiger partial charge in [0, 0.05) is 18.0 Å². The van der Waals surface area contributed by atoms with Crippen LogP contribution in [0.1, 0.15) is 102 Å². The summed E-state index contributed by atoms with van der Waals surface area (Å²) in [5, 5.41) is 0. The highest BCUT2D eigenvalue weighted by Crippen LogP contribution is 2.18. The highest BCUT2D eigenvalue weighted by molar-refractivity contribution is 5.55. The average molecular weight is 381 g/mol. The summed E-state index contributed by atoms with van der Waals surface area (Å²) in [6.45, 7) is 4.53. The first-order valence-electron chi connectivity index (χ1n) is 11.7. The predicted octanol–water partition coefficient (Wildman–Crippen LogP) is 7.95. The van der Waals surface area contributed by atoms with Crippen molar-refractivity contribution < 1.29 is 0 Å². The fraction of sp³-hybridized carbons (Fsp3) is 0.615. The molecule has 0 aliphatic heterocycles. The quantitative estimate of drug-likeness (QED) is 0.293. The Morgan fingerprint density at radius 3 is 1.57 bits per heavy atom. The average Bonchev–Trinajstić information content (AvgIpc) is 2.74. The number of hydrogen-bond acceptors (Lipinski definition) is 2. The maximum Gasteiger partial charge on any atom is 0.159 e. The van der Waals surface area contributed by atoms with Gasteiger partial charge in [0.15, 0.2) is 5.82 Å².